The highest BCUT2D eigenvalue weighted by Gasteiger charge is 2.11. The van der Waals surface area contributed by atoms with Crippen molar-refractivity contribution in [2.24, 2.45) is 0 Å². The predicted molar refractivity (Wildman–Crippen MR) is 104 cm³/mol. The Bertz CT molecular complexity index is 1130. The van der Waals surface area contributed by atoms with E-state index in [0.29, 0.717) is 29.0 Å². The molecular weight excluding hydrogens is 358 g/mol. The lowest BCUT2D eigenvalue weighted by molar-refractivity contribution is 0.0994. The third-order valence-corrected chi connectivity index (χ3v) is 4.22. The number of hydrogen-bond donors (Lipinski definition) is 2. The maximum atomic E-state index is 12.5. The maximum absolute atomic E-state index is 12.5. The van der Waals surface area contributed by atoms with Crippen LogP contribution in [-0.4, -0.2) is 26.8 Å². The summed E-state index contributed by atoms with van der Waals surface area (Å²) >= 11 is 0. The molecule has 0 atom stereocenters. The average molecular weight is 375 g/mol. The van der Waals surface area contributed by atoms with Crippen molar-refractivity contribution in [3.8, 4) is 0 Å². The van der Waals surface area contributed by atoms with Crippen molar-refractivity contribution < 1.29 is 14.0 Å². The SMILES string of the molecule is CCn1nnc2cc(C(=O)Nc3ccc(NC(=O)c4ccco4)cc3)ccc21. The summed E-state index contributed by atoms with van der Waals surface area (Å²) in [6.07, 6.45) is 1.44. The number of hydrogen-bond acceptors (Lipinski definition) is 5. The number of carbonyl (C=O) groups excluding carboxylic acids is 2. The van der Waals surface area contributed by atoms with E-state index in [0.717, 1.165) is 5.52 Å². The molecule has 0 fully saturated rings. The zero-order valence-electron chi connectivity index (χ0n) is 15.0. The van der Waals surface area contributed by atoms with E-state index < -0.39 is 0 Å². The highest BCUT2D eigenvalue weighted by molar-refractivity contribution is 6.06. The van der Waals surface area contributed by atoms with E-state index in [9.17, 15) is 9.59 Å². The number of anilines is 2. The first-order valence-electron chi connectivity index (χ1n) is 8.73. The molecule has 0 bridgehead atoms. The summed E-state index contributed by atoms with van der Waals surface area (Å²) in [6.45, 7) is 2.69. The topological polar surface area (TPSA) is 102 Å². The van der Waals surface area contributed by atoms with Crippen molar-refractivity contribution in [2.75, 3.05) is 10.6 Å². The van der Waals surface area contributed by atoms with Crippen LogP contribution in [0.15, 0.2) is 65.3 Å². The van der Waals surface area contributed by atoms with Gasteiger partial charge in [-0.1, -0.05) is 5.21 Å². The minimum absolute atomic E-state index is 0.229. The lowest BCUT2D eigenvalue weighted by atomic mass is 10.1. The number of furan rings is 1. The standard InChI is InChI=1S/C20H17N5O3/c1-2-25-17-10-5-13(12-16(17)23-24-25)19(26)21-14-6-8-15(9-7-14)22-20(27)18-4-3-11-28-18/h3-12H,2H2,1H3,(H,21,26)(H,22,27). The molecule has 28 heavy (non-hydrogen) atoms. The number of carbonyl (C=O) groups is 2. The van der Waals surface area contributed by atoms with E-state index in [4.69, 9.17) is 4.42 Å². The van der Waals surface area contributed by atoms with Crippen LogP contribution in [0.2, 0.25) is 0 Å². The molecule has 2 amide bonds. The average Bonchev–Trinajstić information content (AvgIpc) is 3.38. The largest absolute Gasteiger partial charge is 0.459 e. The molecule has 0 aliphatic carbocycles. The summed E-state index contributed by atoms with van der Waals surface area (Å²) in [7, 11) is 0. The van der Waals surface area contributed by atoms with Crippen molar-refractivity contribution in [3.63, 3.8) is 0 Å². The van der Waals surface area contributed by atoms with Gasteiger partial charge in [-0.15, -0.1) is 5.10 Å². The molecule has 2 aromatic carbocycles. The van der Waals surface area contributed by atoms with E-state index in [1.165, 1.54) is 6.26 Å². The number of aromatic nitrogens is 3. The minimum Gasteiger partial charge on any atom is -0.459 e. The predicted octanol–water partition coefficient (Wildman–Crippen LogP) is 3.55. The third kappa shape index (κ3) is 3.48. The fourth-order valence-electron chi connectivity index (χ4n) is 2.79. The molecule has 4 aromatic rings. The van der Waals surface area contributed by atoms with Crippen LogP contribution in [0.4, 0.5) is 11.4 Å². The number of benzene rings is 2. The molecule has 8 nitrogen and oxygen atoms in total. The summed E-state index contributed by atoms with van der Waals surface area (Å²) in [4.78, 5) is 24.5. The van der Waals surface area contributed by atoms with Crippen molar-refractivity contribution >= 4 is 34.2 Å². The van der Waals surface area contributed by atoms with Gasteiger partial charge in [0.1, 0.15) is 5.52 Å². The molecule has 2 aromatic heterocycles. The van der Waals surface area contributed by atoms with Gasteiger partial charge in [0.05, 0.1) is 11.8 Å². The van der Waals surface area contributed by atoms with Crippen LogP contribution >= 0.6 is 0 Å². The second kappa shape index (κ2) is 7.36. The van der Waals surface area contributed by atoms with E-state index in [2.05, 4.69) is 20.9 Å². The Kier molecular flexibility index (Phi) is 4.59. The van der Waals surface area contributed by atoms with Crippen molar-refractivity contribution in [3.05, 3.63) is 72.2 Å². The molecule has 0 aliphatic rings. The lowest BCUT2D eigenvalue weighted by Crippen LogP contribution is -2.13. The van der Waals surface area contributed by atoms with Crippen LogP contribution in [0.3, 0.4) is 0 Å². The number of nitrogens with one attached hydrogen (secondary N) is 2. The zero-order chi connectivity index (χ0) is 19.5. The highest BCUT2D eigenvalue weighted by Crippen LogP contribution is 2.18. The van der Waals surface area contributed by atoms with Gasteiger partial charge in [0.2, 0.25) is 0 Å². The van der Waals surface area contributed by atoms with E-state index in [-0.39, 0.29) is 17.6 Å². The van der Waals surface area contributed by atoms with E-state index in [1.54, 1.807) is 53.2 Å². The van der Waals surface area contributed by atoms with Gasteiger partial charge in [-0.2, -0.15) is 0 Å². The first kappa shape index (κ1) is 17.5. The molecule has 2 heterocycles. The molecule has 4 rings (SSSR count). The maximum Gasteiger partial charge on any atom is 0.291 e. The zero-order valence-corrected chi connectivity index (χ0v) is 15.0. The van der Waals surface area contributed by atoms with Gasteiger partial charge < -0.3 is 15.1 Å². The second-order valence-corrected chi connectivity index (χ2v) is 6.07. The second-order valence-electron chi connectivity index (χ2n) is 6.07. The van der Waals surface area contributed by atoms with Gasteiger partial charge in [-0.3, -0.25) is 9.59 Å². The smallest absolute Gasteiger partial charge is 0.291 e. The summed E-state index contributed by atoms with van der Waals surface area (Å²) < 4.78 is 6.82. The van der Waals surface area contributed by atoms with Crippen LogP contribution in [0.5, 0.6) is 0 Å². The minimum atomic E-state index is -0.338. The van der Waals surface area contributed by atoms with Gasteiger partial charge in [0.25, 0.3) is 11.8 Å². The molecular formula is C20H17N5O3. The first-order chi connectivity index (χ1) is 13.6. The number of aryl methyl sites for hydroxylation is 1. The van der Waals surface area contributed by atoms with Crippen LogP contribution < -0.4 is 10.6 Å². The van der Waals surface area contributed by atoms with Crippen LogP contribution in [-0.2, 0) is 6.54 Å². The fourth-order valence-corrected chi connectivity index (χ4v) is 2.79. The summed E-state index contributed by atoms with van der Waals surface area (Å²) in [5.74, 6) is -0.358. The van der Waals surface area contributed by atoms with Gasteiger partial charge in [-0.25, -0.2) is 4.68 Å². The lowest BCUT2D eigenvalue weighted by Gasteiger charge is -2.07. The van der Waals surface area contributed by atoms with Crippen LogP contribution in [0.25, 0.3) is 11.0 Å². The van der Waals surface area contributed by atoms with Gasteiger partial charge in [-0.05, 0) is 61.5 Å². The van der Waals surface area contributed by atoms with Gasteiger partial charge >= 0.3 is 0 Å². The van der Waals surface area contributed by atoms with Crippen molar-refractivity contribution in [1.82, 2.24) is 15.0 Å². The van der Waals surface area contributed by atoms with Gasteiger partial charge in [0, 0.05) is 23.5 Å². The van der Waals surface area contributed by atoms with Gasteiger partial charge in [0.15, 0.2) is 5.76 Å². The number of amides is 2. The van der Waals surface area contributed by atoms with Crippen molar-refractivity contribution in [2.45, 2.75) is 13.5 Å². The molecule has 140 valence electrons. The van der Waals surface area contributed by atoms with Crippen molar-refractivity contribution in [1.29, 1.82) is 0 Å². The molecule has 0 saturated carbocycles. The number of fused-ring (bicyclic) bond motifs is 1. The Morgan fingerprint density at radius 3 is 2.36 bits per heavy atom. The fraction of sp³-hybridized carbons (Fsp3) is 0.100. The number of nitrogens with zero attached hydrogens (tertiary/aromatic N) is 3. The molecule has 8 heteroatoms. The Morgan fingerprint density at radius 2 is 1.71 bits per heavy atom. The monoisotopic (exact) mass is 375 g/mol. The van der Waals surface area contributed by atoms with E-state index in [1.807, 2.05) is 13.0 Å². The highest BCUT2D eigenvalue weighted by atomic mass is 16.3. The van der Waals surface area contributed by atoms with Crippen LogP contribution in [0.1, 0.15) is 27.8 Å². The first-order valence-corrected chi connectivity index (χ1v) is 8.73. The normalized spacial score (nSPS) is 10.8. The Balaban J connectivity index is 1.44. The number of rotatable bonds is 5. The molecule has 0 spiro atoms. The Morgan fingerprint density at radius 1 is 1.00 bits per heavy atom. The summed E-state index contributed by atoms with van der Waals surface area (Å²) in [5, 5.41) is 13.7. The molecule has 0 radical (unpaired) electrons. The summed E-state index contributed by atoms with van der Waals surface area (Å²) in [5.41, 5.74) is 3.25. The Hall–Kier alpha value is -3.94. The van der Waals surface area contributed by atoms with Crippen LogP contribution in [0, 0.1) is 0 Å². The third-order valence-electron chi connectivity index (χ3n) is 4.22. The Labute approximate surface area is 160 Å². The molecule has 0 aliphatic heterocycles. The molecule has 0 saturated heterocycles. The quantitative estimate of drug-likeness (QED) is 0.555. The molecule has 0 unspecified atom stereocenters. The molecule has 2 N–H and O–H groups in total. The summed E-state index contributed by atoms with van der Waals surface area (Å²) in [6, 6.07) is 15.3. The van der Waals surface area contributed by atoms with E-state index >= 15 is 0 Å².